The molecule has 2 aromatic heterocycles. The van der Waals surface area contributed by atoms with Crippen LogP contribution in [0.4, 0.5) is 0 Å². The van der Waals surface area contributed by atoms with E-state index in [4.69, 9.17) is 0 Å². The number of unbranched alkanes of at least 4 members (excludes halogenated alkanes) is 6. The van der Waals surface area contributed by atoms with Gasteiger partial charge in [-0.15, -0.1) is 22.7 Å². The number of hydrogen-bond acceptors (Lipinski definition) is 2. The van der Waals surface area contributed by atoms with Crippen LogP contribution in [-0.2, 0) is 12.8 Å². The molecule has 0 aliphatic heterocycles. The Hall–Kier alpha value is -1.38. The molecule has 0 radical (unpaired) electrons. The summed E-state index contributed by atoms with van der Waals surface area (Å²) in [4.78, 5) is 5.83. The summed E-state index contributed by atoms with van der Waals surface area (Å²) >= 11 is 3.92. The van der Waals surface area contributed by atoms with Crippen LogP contribution in [0.3, 0.4) is 0 Å². The summed E-state index contributed by atoms with van der Waals surface area (Å²) in [5.41, 5.74) is 5.87. The molecular formula is C28H38S2. The van der Waals surface area contributed by atoms with Gasteiger partial charge in [-0.25, -0.2) is 0 Å². The fourth-order valence-corrected chi connectivity index (χ4v) is 6.39. The Balaban J connectivity index is 1.75. The van der Waals surface area contributed by atoms with Crippen LogP contribution in [0.1, 0.15) is 86.1 Å². The van der Waals surface area contributed by atoms with Crippen LogP contribution in [0.5, 0.6) is 0 Å². The second-order valence-electron chi connectivity index (χ2n) is 8.62. The zero-order chi connectivity index (χ0) is 21.3. The van der Waals surface area contributed by atoms with Crippen molar-refractivity contribution in [2.75, 3.05) is 0 Å². The van der Waals surface area contributed by atoms with Crippen LogP contribution in [-0.4, -0.2) is 0 Å². The van der Waals surface area contributed by atoms with Crippen LogP contribution < -0.4 is 0 Å². The van der Waals surface area contributed by atoms with Crippen molar-refractivity contribution in [3.8, 4) is 20.9 Å². The molecule has 0 saturated heterocycles. The van der Waals surface area contributed by atoms with Gasteiger partial charge in [0, 0.05) is 19.5 Å². The quantitative estimate of drug-likeness (QED) is 0.247. The largest absolute Gasteiger partial charge is 0.140 e. The van der Waals surface area contributed by atoms with Crippen molar-refractivity contribution in [1.82, 2.24) is 0 Å². The molecule has 0 amide bonds. The number of aryl methyl sites for hydroxylation is 4. The molecule has 162 valence electrons. The predicted molar refractivity (Wildman–Crippen MR) is 138 cm³/mol. The van der Waals surface area contributed by atoms with Crippen molar-refractivity contribution in [3.63, 3.8) is 0 Å². The predicted octanol–water partition coefficient (Wildman–Crippen LogP) is 10.0. The third kappa shape index (κ3) is 6.31. The van der Waals surface area contributed by atoms with Gasteiger partial charge in [0.2, 0.25) is 0 Å². The Morgan fingerprint density at radius 1 is 0.567 bits per heavy atom. The molecule has 0 aliphatic rings. The summed E-state index contributed by atoms with van der Waals surface area (Å²) < 4.78 is 0. The van der Waals surface area contributed by atoms with E-state index in [9.17, 15) is 0 Å². The summed E-state index contributed by atoms with van der Waals surface area (Å²) in [5.74, 6) is 0. The fourth-order valence-electron chi connectivity index (χ4n) is 4.25. The first-order valence-electron chi connectivity index (χ1n) is 11.9. The van der Waals surface area contributed by atoms with Gasteiger partial charge in [-0.2, -0.15) is 0 Å². The monoisotopic (exact) mass is 438 g/mol. The molecule has 1 aromatic carbocycles. The maximum atomic E-state index is 2.41. The fraction of sp³-hybridized carbons (Fsp3) is 0.500. The van der Waals surface area contributed by atoms with Crippen molar-refractivity contribution < 1.29 is 0 Å². The Bertz CT molecular complexity index is 820. The molecular weight excluding hydrogens is 400 g/mol. The minimum absolute atomic E-state index is 1.22. The average molecular weight is 439 g/mol. The number of rotatable bonds is 12. The van der Waals surface area contributed by atoms with Gasteiger partial charge < -0.3 is 0 Å². The molecule has 0 fully saturated rings. The van der Waals surface area contributed by atoms with Gasteiger partial charge in [0.15, 0.2) is 0 Å². The maximum Gasteiger partial charge on any atom is 0.0377 e. The van der Waals surface area contributed by atoms with E-state index in [1.807, 2.05) is 22.7 Å². The minimum atomic E-state index is 1.22. The van der Waals surface area contributed by atoms with Crippen molar-refractivity contribution in [3.05, 3.63) is 57.3 Å². The summed E-state index contributed by atoms with van der Waals surface area (Å²) in [5, 5.41) is 0. The third-order valence-electron chi connectivity index (χ3n) is 5.87. The Morgan fingerprint density at radius 3 is 1.33 bits per heavy atom. The summed E-state index contributed by atoms with van der Waals surface area (Å²) in [6.07, 6.45) is 13.1. The highest BCUT2D eigenvalue weighted by molar-refractivity contribution is 7.16. The van der Waals surface area contributed by atoms with Gasteiger partial charge >= 0.3 is 0 Å². The van der Waals surface area contributed by atoms with Gasteiger partial charge in [-0.1, -0.05) is 76.6 Å². The zero-order valence-corrected chi connectivity index (χ0v) is 21.0. The Kier molecular flexibility index (Phi) is 9.21. The molecule has 30 heavy (non-hydrogen) atoms. The molecule has 2 heterocycles. The average Bonchev–Trinajstić information content (AvgIpc) is 3.31. The Morgan fingerprint density at radius 2 is 0.967 bits per heavy atom. The first kappa shape index (κ1) is 23.3. The molecule has 0 bridgehead atoms. The smallest absolute Gasteiger partial charge is 0.0377 e. The summed E-state index contributed by atoms with van der Waals surface area (Å²) in [6.45, 7) is 9.06. The lowest BCUT2D eigenvalue weighted by Crippen LogP contribution is -1.88. The zero-order valence-electron chi connectivity index (χ0n) is 19.4. The number of benzene rings is 1. The van der Waals surface area contributed by atoms with Crippen molar-refractivity contribution in [2.24, 2.45) is 0 Å². The number of hydrogen-bond donors (Lipinski definition) is 0. The topological polar surface area (TPSA) is 0 Å². The van der Waals surface area contributed by atoms with E-state index in [1.165, 1.54) is 94.8 Å². The van der Waals surface area contributed by atoms with Crippen molar-refractivity contribution >= 4 is 22.7 Å². The SMILES string of the molecule is CCCCCCc1cc(C)sc1-c1ccc(-c2sc(C)cc2CCCCCC)cc1. The van der Waals surface area contributed by atoms with Crippen LogP contribution in [0, 0.1) is 13.8 Å². The third-order valence-corrected chi connectivity index (χ3v) is 8.16. The lowest BCUT2D eigenvalue weighted by Gasteiger charge is -2.07. The van der Waals surface area contributed by atoms with Gasteiger partial charge in [0.25, 0.3) is 0 Å². The molecule has 0 atom stereocenters. The van der Waals surface area contributed by atoms with E-state index in [2.05, 4.69) is 64.1 Å². The Labute approximate surface area is 192 Å². The first-order chi connectivity index (χ1) is 14.6. The normalized spacial score (nSPS) is 11.3. The minimum Gasteiger partial charge on any atom is -0.140 e. The second-order valence-corrected chi connectivity index (χ2v) is 11.1. The van der Waals surface area contributed by atoms with Crippen molar-refractivity contribution in [2.45, 2.75) is 91.9 Å². The molecule has 0 aliphatic carbocycles. The van der Waals surface area contributed by atoms with E-state index < -0.39 is 0 Å². The van der Waals surface area contributed by atoms with Crippen LogP contribution >= 0.6 is 22.7 Å². The summed E-state index contributed by atoms with van der Waals surface area (Å²) in [6, 6.07) is 14.2. The van der Waals surface area contributed by atoms with Crippen LogP contribution in [0.15, 0.2) is 36.4 Å². The van der Waals surface area contributed by atoms with Gasteiger partial charge in [-0.3, -0.25) is 0 Å². The molecule has 3 aromatic rings. The van der Waals surface area contributed by atoms with E-state index in [0.717, 1.165) is 0 Å². The molecule has 3 rings (SSSR count). The van der Waals surface area contributed by atoms with Crippen LogP contribution in [0.25, 0.3) is 20.9 Å². The molecule has 0 unspecified atom stereocenters. The highest BCUT2D eigenvalue weighted by Gasteiger charge is 2.12. The standard InChI is InChI=1S/C28H38S2/c1-5-7-9-11-13-25-19-21(3)29-27(25)23-15-17-24(18-16-23)28-26(20-22(4)30-28)14-12-10-8-6-2/h15-20H,5-14H2,1-4H3. The molecule has 0 spiro atoms. The lowest BCUT2D eigenvalue weighted by atomic mass is 10.00. The van der Waals surface area contributed by atoms with Gasteiger partial charge in [-0.05, 0) is 73.9 Å². The maximum absolute atomic E-state index is 2.41. The lowest BCUT2D eigenvalue weighted by molar-refractivity contribution is 0.668. The van der Waals surface area contributed by atoms with E-state index in [-0.39, 0.29) is 0 Å². The van der Waals surface area contributed by atoms with E-state index in [0.29, 0.717) is 0 Å². The van der Waals surface area contributed by atoms with Crippen LogP contribution in [0.2, 0.25) is 0 Å². The first-order valence-corrected chi connectivity index (χ1v) is 13.5. The van der Waals surface area contributed by atoms with Gasteiger partial charge in [0.1, 0.15) is 0 Å². The van der Waals surface area contributed by atoms with Gasteiger partial charge in [0.05, 0.1) is 0 Å². The number of thiophene rings is 2. The molecule has 2 heteroatoms. The van der Waals surface area contributed by atoms with E-state index >= 15 is 0 Å². The summed E-state index contributed by atoms with van der Waals surface area (Å²) in [7, 11) is 0. The molecule has 0 saturated carbocycles. The molecule has 0 nitrogen and oxygen atoms in total. The highest BCUT2D eigenvalue weighted by Crippen LogP contribution is 2.37. The van der Waals surface area contributed by atoms with E-state index in [1.54, 1.807) is 11.1 Å². The highest BCUT2D eigenvalue weighted by atomic mass is 32.1. The second kappa shape index (κ2) is 11.9. The van der Waals surface area contributed by atoms with Crippen molar-refractivity contribution in [1.29, 1.82) is 0 Å². The molecule has 0 N–H and O–H groups in total.